The van der Waals surface area contributed by atoms with Crippen LogP contribution in [0.1, 0.15) is 11.1 Å². The molecular weight excluding hydrogens is 348 g/mol. The number of hydrogen-bond acceptors (Lipinski definition) is 3. The van der Waals surface area contributed by atoms with Crippen molar-refractivity contribution in [1.29, 1.82) is 0 Å². The van der Waals surface area contributed by atoms with Crippen LogP contribution in [-0.2, 0) is 6.61 Å². The molecule has 0 atom stereocenters. The maximum absolute atomic E-state index is 5.91. The highest BCUT2D eigenvalue weighted by Crippen LogP contribution is 2.33. The van der Waals surface area contributed by atoms with E-state index in [0.717, 1.165) is 39.7 Å². The Hall–Kier alpha value is -3.53. The normalized spacial score (nSPS) is 10.6. The molecule has 0 spiro atoms. The van der Waals surface area contributed by atoms with Gasteiger partial charge in [0.15, 0.2) is 0 Å². The summed E-state index contributed by atoms with van der Waals surface area (Å²) in [5.74, 6) is 2.34. The van der Waals surface area contributed by atoms with Crippen LogP contribution in [0.3, 0.4) is 0 Å². The number of benzene rings is 3. The highest BCUT2D eigenvalue weighted by Gasteiger charge is 2.11. The number of aromatic amines is 1. The van der Waals surface area contributed by atoms with Gasteiger partial charge in [-0.2, -0.15) is 0 Å². The Labute approximate surface area is 164 Å². The first-order valence-electron chi connectivity index (χ1n) is 9.20. The van der Waals surface area contributed by atoms with E-state index in [4.69, 9.17) is 9.47 Å². The van der Waals surface area contributed by atoms with Gasteiger partial charge in [0.25, 0.3) is 0 Å². The van der Waals surface area contributed by atoms with Crippen LogP contribution in [0, 0.1) is 6.92 Å². The molecule has 4 aromatic rings. The number of ether oxygens (including phenoxy) is 2. The first-order valence-corrected chi connectivity index (χ1v) is 9.20. The summed E-state index contributed by atoms with van der Waals surface area (Å²) in [6, 6.07) is 24.2. The number of rotatable bonds is 6. The van der Waals surface area contributed by atoms with Crippen LogP contribution in [-0.4, -0.2) is 17.1 Å². The topological polar surface area (TPSA) is 47.1 Å². The summed E-state index contributed by atoms with van der Waals surface area (Å²) in [5.41, 5.74) is 5.26. The maximum Gasteiger partial charge on any atom is 0.137 e. The van der Waals surface area contributed by atoms with E-state index in [1.807, 2.05) is 54.7 Å². The minimum absolute atomic E-state index is 0.519. The average molecular weight is 370 g/mol. The van der Waals surface area contributed by atoms with Gasteiger partial charge >= 0.3 is 0 Å². The molecular formula is C24H22N2O2. The summed E-state index contributed by atoms with van der Waals surface area (Å²) in [6.07, 6.45) is 1.83. The van der Waals surface area contributed by atoms with Crippen LogP contribution in [0.5, 0.6) is 11.5 Å². The number of aryl methyl sites for hydroxylation is 1. The molecule has 4 heteroatoms. The molecule has 0 unspecified atom stereocenters. The smallest absolute Gasteiger partial charge is 0.137 e. The fourth-order valence-electron chi connectivity index (χ4n) is 3.04. The van der Waals surface area contributed by atoms with Crippen LogP contribution in [0.15, 0.2) is 79.0 Å². The molecule has 28 heavy (non-hydrogen) atoms. The van der Waals surface area contributed by atoms with E-state index >= 15 is 0 Å². The quantitative estimate of drug-likeness (QED) is 0.478. The van der Waals surface area contributed by atoms with Crippen LogP contribution < -0.4 is 9.47 Å². The Balaban J connectivity index is 1.55. The molecule has 0 aliphatic heterocycles. The molecule has 0 fully saturated rings. The molecule has 0 bridgehead atoms. The lowest BCUT2D eigenvalue weighted by atomic mass is 10.1. The van der Waals surface area contributed by atoms with Crippen LogP contribution >= 0.6 is 0 Å². The van der Waals surface area contributed by atoms with Gasteiger partial charge in [-0.15, -0.1) is 0 Å². The Bertz CT molecular complexity index is 1050. The zero-order chi connectivity index (χ0) is 19.3. The van der Waals surface area contributed by atoms with Crippen LogP contribution in [0.2, 0.25) is 0 Å². The molecule has 3 aromatic carbocycles. The third-order valence-electron chi connectivity index (χ3n) is 4.61. The van der Waals surface area contributed by atoms with E-state index in [-0.39, 0.29) is 0 Å². The second kappa shape index (κ2) is 8.01. The highest BCUT2D eigenvalue weighted by molar-refractivity contribution is 5.70. The number of H-pyrrole nitrogens is 1. The summed E-state index contributed by atoms with van der Waals surface area (Å²) in [5, 5.41) is 0. The Kier molecular flexibility index (Phi) is 5.11. The molecule has 0 saturated heterocycles. The number of aromatic nitrogens is 2. The van der Waals surface area contributed by atoms with E-state index in [9.17, 15) is 0 Å². The Morgan fingerprint density at radius 1 is 0.929 bits per heavy atom. The monoisotopic (exact) mass is 370 g/mol. The number of nitrogens with one attached hydrogen (secondary N) is 1. The van der Waals surface area contributed by atoms with E-state index < -0.39 is 0 Å². The summed E-state index contributed by atoms with van der Waals surface area (Å²) in [6.45, 7) is 2.59. The third kappa shape index (κ3) is 3.91. The first-order chi connectivity index (χ1) is 13.7. The number of imidazole rings is 1. The van der Waals surface area contributed by atoms with Crippen molar-refractivity contribution in [3.8, 4) is 34.1 Å². The SMILES string of the molecule is COc1cc(OCc2ccccc2)ccc1-c1cnc(-c2ccc(C)cc2)[nH]1. The molecule has 0 saturated carbocycles. The second-order valence-electron chi connectivity index (χ2n) is 6.65. The van der Waals surface area contributed by atoms with Gasteiger partial charge in [-0.25, -0.2) is 4.98 Å². The zero-order valence-corrected chi connectivity index (χ0v) is 16.0. The summed E-state index contributed by atoms with van der Waals surface area (Å²) >= 11 is 0. The van der Waals surface area contributed by atoms with Gasteiger partial charge in [-0.3, -0.25) is 0 Å². The van der Waals surface area contributed by atoms with Crippen molar-refractivity contribution in [1.82, 2.24) is 9.97 Å². The van der Waals surface area contributed by atoms with Crippen molar-refractivity contribution in [2.45, 2.75) is 13.5 Å². The molecule has 1 heterocycles. The Morgan fingerprint density at radius 3 is 2.46 bits per heavy atom. The molecule has 1 N–H and O–H groups in total. The highest BCUT2D eigenvalue weighted by atomic mass is 16.5. The van der Waals surface area contributed by atoms with Crippen LogP contribution in [0.4, 0.5) is 0 Å². The van der Waals surface area contributed by atoms with E-state index in [0.29, 0.717) is 6.61 Å². The molecule has 0 radical (unpaired) electrons. The molecule has 4 rings (SSSR count). The van der Waals surface area contributed by atoms with Crippen molar-refractivity contribution < 1.29 is 9.47 Å². The van der Waals surface area contributed by atoms with Gasteiger partial charge in [-0.1, -0.05) is 60.2 Å². The fourth-order valence-corrected chi connectivity index (χ4v) is 3.04. The standard InChI is InChI=1S/C24H22N2O2/c1-17-8-10-19(11-9-17)24-25-15-22(26-24)21-13-12-20(14-23(21)27-2)28-16-18-6-4-3-5-7-18/h3-15H,16H2,1-2H3,(H,25,26). The Morgan fingerprint density at radius 2 is 1.71 bits per heavy atom. The van der Waals surface area contributed by atoms with Gasteiger partial charge in [0.1, 0.15) is 23.9 Å². The summed E-state index contributed by atoms with van der Waals surface area (Å²) < 4.78 is 11.5. The predicted octanol–water partition coefficient (Wildman–Crippen LogP) is 5.64. The van der Waals surface area contributed by atoms with Gasteiger partial charge in [0.05, 0.1) is 19.0 Å². The fraction of sp³-hybridized carbons (Fsp3) is 0.125. The third-order valence-corrected chi connectivity index (χ3v) is 4.61. The van der Waals surface area contributed by atoms with Gasteiger partial charge < -0.3 is 14.5 Å². The van der Waals surface area contributed by atoms with Gasteiger partial charge in [-0.05, 0) is 24.6 Å². The number of methoxy groups -OCH3 is 1. The molecule has 1 aromatic heterocycles. The average Bonchev–Trinajstić information content (AvgIpc) is 3.23. The predicted molar refractivity (Wildman–Crippen MR) is 112 cm³/mol. The van der Waals surface area contributed by atoms with E-state index in [2.05, 4.69) is 41.2 Å². The maximum atomic E-state index is 5.91. The van der Waals surface area contributed by atoms with Gasteiger partial charge in [0, 0.05) is 17.2 Å². The van der Waals surface area contributed by atoms with E-state index in [1.54, 1.807) is 7.11 Å². The summed E-state index contributed by atoms with van der Waals surface area (Å²) in [4.78, 5) is 7.91. The lowest BCUT2D eigenvalue weighted by Crippen LogP contribution is -1.96. The molecule has 4 nitrogen and oxygen atoms in total. The van der Waals surface area contributed by atoms with Crippen molar-refractivity contribution in [3.63, 3.8) is 0 Å². The number of nitrogens with zero attached hydrogens (tertiary/aromatic N) is 1. The first kappa shape index (κ1) is 17.9. The summed E-state index contributed by atoms with van der Waals surface area (Å²) in [7, 11) is 1.66. The van der Waals surface area contributed by atoms with E-state index in [1.165, 1.54) is 5.56 Å². The lowest BCUT2D eigenvalue weighted by molar-refractivity contribution is 0.304. The number of hydrogen-bond donors (Lipinski definition) is 1. The molecule has 0 aliphatic rings. The van der Waals surface area contributed by atoms with Crippen molar-refractivity contribution in [2.75, 3.05) is 7.11 Å². The minimum Gasteiger partial charge on any atom is -0.496 e. The van der Waals surface area contributed by atoms with Gasteiger partial charge in [0.2, 0.25) is 0 Å². The van der Waals surface area contributed by atoms with Crippen molar-refractivity contribution in [3.05, 3.63) is 90.1 Å². The zero-order valence-electron chi connectivity index (χ0n) is 16.0. The lowest BCUT2D eigenvalue weighted by Gasteiger charge is -2.11. The van der Waals surface area contributed by atoms with Crippen molar-refractivity contribution in [2.24, 2.45) is 0 Å². The minimum atomic E-state index is 0.519. The van der Waals surface area contributed by atoms with Crippen molar-refractivity contribution >= 4 is 0 Å². The molecule has 0 amide bonds. The van der Waals surface area contributed by atoms with Crippen LogP contribution in [0.25, 0.3) is 22.6 Å². The molecule has 0 aliphatic carbocycles. The molecule has 140 valence electrons. The largest absolute Gasteiger partial charge is 0.496 e. The second-order valence-corrected chi connectivity index (χ2v) is 6.65.